The Kier molecular flexibility index (Phi) is 7.92. The van der Waals surface area contributed by atoms with E-state index in [0.29, 0.717) is 0 Å². The Morgan fingerprint density at radius 3 is 2.35 bits per heavy atom. The molecule has 1 aliphatic carbocycles. The first-order valence-electron chi connectivity index (χ1n) is 7.95. The molecule has 0 bridgehead atoms. The third kappa shape index (κ3) is 5.90. The summed E-state index contributed by atoms with van der Waals surface area (Å²) < 4.78 is 0. The molecule has 1 saturated carbocycles. The highest BCUT2D eigenvalue weighted by atomic mass is 14.9. The summed E-state index contributed by atoms with van der Waals surface area (Å²) in [5, 5.41) is 3.57. The first kappa shape index (κ1) is 15.0. The molecule has 0 heterocycles. The minimum absolute atomic E-state index is 0.797. The van der Waals surface area contributed by atoms with Crippen molar-refractivity contribution < 1.29 is 0 Å². The average Bonchev–Trinajstić information content (AvgIpc) is 2.75. The van der Waals surface area contributed by atoms with Crippen molar-refractivity contribution in [2.75, 3.05) is 7.05 Å². The van der Waals surface area contributed by atoms with Crippen LogP contribution >= 0.6 is 0 Å². The second-order valence-corrected chi connectivity index (χ2v) is 6.13. The minimum Gasteiger partial charge on any atom is -0.317 e. The van der Waals surface area contributed by atoms with Gasteiger partial charge in [-0.25, -0.2) is 0 Å². The standard InChI is InChI=1S/C16H33N/c1-4-5-6-7-8-9-10-16(17-3)15-12-11-14(2)13-15/h14-17H,4-13H2,1-3H3. The van der Waals surface area contributed by atoms with Gasteiger partial charge in [-0.05, 0) is 38.1 Å². The zero-order valence-electron chi connectivity index (χ0n) is 12.3. The summed E-state index contributed by atoms with van der Waals surface area (Å²) in [4.78, 5) is 0. The van der Waals surface area contributed by atoms with Crippen LogP contribution < -0.4 is 5.32 Å². The maximum absolute atomic E-state index is 3.57. The van der Waals surface area contributed by atoms with E-state index in [0.717, 1.165) is 17.9 Å². The van der Waals surface area contributed by atoms with Crippen molar-refractivity contribution in [2.24, 2.45) is 11.8 Å². The van der Waals surface area contributed by atoms with Gasteiger partial charge in [0.1, 0.15) is 0 Å². The van der Waals surface area contributed by atoms with Gasteiger partial charge in [-0.1, -0.05) is 58.8 Å². The third-order valence-corrected chi connectivity index (χ3v) is 4.54. The monoisotopic (exact) mass is 239 g/mol. The molecular weight excluding hydrogens is 206 g/mol. The lowest BCUT2D eigenvalue weighted by atomic mass is 9.92. The van der Waals surface area contributed by atoms with Crippen LogP contribution in [0.2, 0.25) is 0 Å². The van der Waals surface area contributed by atoms with Gasteiger partial charge in [-0.15, -0.1) is 0 Å². The van der Waals surface area contributed by atoms with Gasteiger partial charge < -0.3 is 5.32 Å². The lowest BCUT2D eigenvalue weighted by Gasteiger charge is -2.23. The van der Waals surface area contributed by atoms with Crippen LogP contribution in [0.1, 0.15) is 78.1 Å². The van der Waals surface area contributed by atoms with Gasteiger partial charge in [-0.3, -0.25) is 0 Å². The number of unbranched alkanes of at least 4 members (excludes halogenated alkanes) is 5. The summed E-state index contributed by atoms with van der Waals surface area (Å²) in [6.07, 6.45) is 14.3. The summed E-state index contributed by atoms with van der Waals surface area (Å²) in [6, 6.07) is 0.797. The Morgan fingerprint density at radius 2 is 1.76 bits per heavy atom. The second kappa shape index (κ2) is 8.97. The number of rotatable bonds is 9. The fourth-order valence-electron chi connectivity index (χ4n) is 3.38. The molecule has 0 aromatic carbocycles. The molecule has 0 radical (unpaired) electrons. The molecule has 0 saturated heterocycles. The lowest BCUT2D eigenvalue weighted by molar-refractivity contribution is 0.340. The Bertz CT molecular complexity index is 178. The molecular formula is C16H33N. The van der Waals surface area contributed by atoms with Gasteiger partial charge in [0.25, 0.3) is 0 Å². The first-order chi connectivity index (χ1) is 8.27. The zero-order chi connectivity index (χ0) is 12.5. The van der Waals surface area contributed by atoms with E-state index in [4.69, 9.17) is 0 Å². The Labute approximate surface area is 109 Å². The van der Waals surface area contributed by atoms with Crippen LogP contribution in [-0.2, 0) is 0 Å². The smallest absolute Gasteiger partial charge is 0.00924 e. The Balaban J connectivity index is 2.06. The van der Waals surface area contributed by atoms with Gasteiger partial charge in [0.2, 0.25) is 0 Å². The molecule has 1 heteroatoms. The second-order valence-electron chi connectivity index (χ2n) is 6.13. The maximum Gasteiger partial charge on any atom is 0.00924 e. The van der Waals surface area contributed by atoms with Crippen molar-refractivity contribution in [3.63, 3.8) is 0 Å². The van der Waals surface area contributed by atoms with Crippen molar-refractivity contribution in [3.05, 3.63) is 0 Å². The summed E-state index contributed by atoms with van der Waals surface area (Å²) in [7, 11) is 2.16. The fourth-order valence-corrected chi connectivity index (χ4v) is 3.38. The van der Waals surface area contributed by atoms with Crippen LogP contribution in [0.4, 0.5) is 0 Å². The molecule has 1 nitrogen and oxygen atoms in total. The van der Waals surface area contributed by atoms with E-state index < -0.39 is 0 Å². The van der Waals surface area contributed by atoms with E-state index in [1.807, 2.05) is 0 Å². The lowest BCUT2D eigenvalue weighted by Crippen LogP contribution is -2.32. The first-order valence-corrected chi connectivity index (χ1v) is 7.95. The predicted molar refractivity (Wildman–Crippen MR) is 77.3 cm³/mol. The molecule has 17 heavy (non-hydrogen) atoms. The van der Waals surface area contributed by atoms with E-state index in [2.05, 4.69) is 26.2 Å². The summed E-state index contributed by atoms with van der Waals surface area (Å²) in [6.45, 7) is 4.70. The van der Waals surface area contributed by atoms with Gasteiger partial charge >= 0.3 is 0 Å². The maximum atomic E-state index is 3.57. The van der Waals surface area contributed by atoms with Crippen molar-refractivity contribution in [2.45, 2.75) is 84.1 Å². The average molecular weight is 239 g/mol. The molecule has 3 atom stereocenters. The highest BCUT2D eigenvalue weighted by Crippen LogP contribution is 2.34. The molecule has 1 rings (SSSR count). The van der Waals surface area contributed by atoms with Crippen molar-refractivity contribution in [3.8, 4) is 0 Å². The van der Waals surface area contributed by atoms with Crippen LogP contribution in [0.5, 0.6) is 0 Å². The normalized spacial score (nSPS) is 26.3. The van der Waals surface area contributed by atoms with Crippen LogP contribution in [0.3, 0.4) is 0 Å². The van der Waals surface area contributed by atoms with E-state index in [-0.39, 0.29) is 0 Å². The molecule has 102 valence electrons. The van der Waals surface area contributed by atoms with Gasteiger partial charge in [0.05, 0.1) is 0 Å². The zero-order valence-corrected chi connectivity index (χ0v) is 12.3. The Hall–Kier alpha value is -0.0400. The van der Waals surface area contributed by atoms with E-state index in [1.165, 1.54) is 64.2 Å². The highest BCUT2D eigenvalue weighted by Gasteiger charge is 2.27. The number of nitrogens with one attached hydrogen (secondary N) is 1. The fraction of sp³-hybridized carbons (Fsp3) is 1.00. The quantitative estimate of drug-likeness (QED) is 0.572. The van der Waals surface area contributed by atoms with E-state index >= 15 is 0 Å². The van der Waals surface area contributed by atoms with Crippen LogP contribution in [0, 0.1) is 11.8 Å². The van der Waals surface area contributed by atoms with Crippen LogP contribution in [0.15, 0.2) is 0 Å². The topological polar surface area (TPSA) is 12.0 Å². The SMILES string of the molecule is CCCCCCCCC(NC)C1CCC(C)C1. The highest BCUT2D eigenvalue weighted by molar-refractivity contribution is 4.82. The summed E-state index contributed by atoms with van der Waals surface area (Å²) >= 11 is 0. The molecule has 0 aromatic heterocycles. The summed E-state index contributed by atoms with van der Waals surface area (Å²) in [5.41, 5.74) is 0. The molecule has 0 amide bonds. The largest absolute Gasteiger partial charge is 0.317 e. The number of hydrogen-bond donors (Lipinski definition) is 1. The molecule has 1 aliphatic rings. The van der Waals surface area contributed by atoms with Gasteiger partial charge in [0, 0.05) is 6.04 Å². The predicted octanol–water partition coefficient (Wildman–Crippen LogP) is 4.76. The van der Waals surface area contributed by atoms with Crippen molar-refractivity contribution >= 4 is 0 Å². The molecule has 0 aromatic rings. The summed E-state index contributed by atoms with van der Waals surface area (Å²) in [5.74, 6) is 1.94. The van der Waals surface area contributed by atoms with E-state index in [1.54, 1.807) is 0 Å². The molecule has 1 fully saturated rings. The van der Waals surface area contributed by atoms with Crippen LogP contribution in [0.25, 0.3) is 0 Å². The molecule has 3 unspecified atom stereocenters. The molecule has 0 spiro atoms. The van der Waals surface area contributed by atoms with Gasteiger partial charge in [0.15, 0.2) is 0 Å². The minimum atomic E-state index is 0.797. The van der Waals surface area contributed by atoms with Crippen molar-refractivity contribution in [1.82, 2.24) is 5.32 Å². The van der Waals surface area contributed by atoms with Crippen molar-refractivity contribution in [1.29, 1.82) is 0 Å². The molecule has 0 aliphatic heterocycles. The van der Waals surface area contributed by atoms with Gasteiger partial charge in [-0.2, -0.15) is 0 Å². The van der Waals surface area contributed by atoms with E-state index in [9.17, 15) is 0 Å². The molecule has 1 N–H and O–H groups in total. The Morgan fingerprint density at radius 1 is 1.06 bits per heavy atom. The third-order valence-electron chi connectivity index (χ3n) is 4.54. The number of hydrogen-bond acceptors (Lipinski definition) is 1. The van der Waals surface area contributed by atoms with Crippen LogP contribution in [-0.4, -0.2) is 13.1 Å².